The third-order valence-corrected chi connectivity index (χ3v) is 5.54. The molecule has 1 N–H and O–H groups in total. The molecule has 1 aliphatic heterocycles. The molecule has 1 aliphatic rings. The van der Waals surface area contributed by atoms with Crippen LogP contribution in [0.3, 0.4) is 0 Å². The first-order chi connectivity index (χ1) is 14.8. The minimum Gasteiger partial charge on any atom is -0.444 e. The van der Waals surface area contributed by atoms with Crippen LogP contribution in [0.1, 0.15) is 64.3 Å². The van der Waals surface area contributed by atoms with Crippen LogP contribution >= 0.6 is 11.3 Å². The number of carbonyl (C=O) groups excluding carboxylic acids is 1. The van der Waals surface area contributed by atoms with Crippen LogP contribution in [0.4, 0.5) is 4.79 Å². The van der Waals surface area contributed by atoms with Gasteiger partial charge < -0.3 is 19.5 Å². The third-order valence-electron chi connectivity index (χ3n) is 4.66. The molecule has 1 aromatic heterocycles. The Labute approximate surface area is 188 Å². The maximum absolute atomic E-state index is 12.0. The average molecular weight is 443 g/mol. The van der Waals surface area contributed by atoms with Crippen molar-refractivity contribution in [2.45, 2.75) is 64.9 Å². The van der Waals surface area contributed by atoms with Gasteiger partial charge in [-0.1, -0.05) is 30.2 Å². The van der Waals surface area contributed by atoms with Crippen LogP contribution in [0, 0.1) is 11.8 Å². The van der Waals surface area contributed by atoms with Gasteiger partial charge >= 0.3 is 6.09 Å². The number of aromatic nitrogens is 1. The van der Waals surface area contributed by atoms with E-state index in [4.69, 9.17) is 14.2 Å². The quantitative estimate of drug-likeness (QED) is 0.637. The van der Waals surface area contributed by atoms with E-state index in [0.717, 1.165) is 47.6 Å². The van der Waals surface area contributed by atoms with Crippen molar-refractivity contribution in [3.8, 4) is 22.3 Å². The highest BCUT2D eigenvalue weighted by Crippen LogP contribution is 2.28. The van der Waals surface area contributed by atoms with Gasteiger partial charge in [-0.25, -0.2) is 9.78 Å². The van der Waals surface area contributed by atoms with Gasteiger partial charge in [0.25, 0.3) is 0 Å². The van der Waals surface area contributed by atoms with E-state index >= 15 is 0 Å². The molecule has 0 radical (unpaired) electrons. The molecule has 6 nitrogen and oxygen atoms in total. The molecule has 7 heteroatoms. The molecule has 1 aromatic carbocycles. The summed E-state index contributed by atoms with van der Waals surface area (Å²) >= 11 is 1.55. The first-order valence-corrected chi connectivity index (χ1v) is 11.5. The van der Waals surface area contributed by atoms with Crippen LogP contribution in [0.5, 0.6) is 0 Å². The molecular weight excluding hydrogens is 412 g/mol. The van der Waals surface area contributed by atoms with Gasteiger partial charge in [0, 0.05) is 6.61 Å². The lowest BCUT2D eigenvalue weighted by Crippen LogP contribution is -2.34. The predicted octanol–water partition coefficient (Wildman–Crippen LogP) is 5.29. The van der Waals surface area contributed by atoms with E-state index < -0.39 is 11.7 Å². The van der Waals surface area contributed by atoms with Crippen LogP contribution in [0.25, 0.3) is 10.4 Å². The number of alkyl carbamates (subject to hydrolysis) is 1. The van der Waals surface area contributed by atoms with Crippen molar-refractivity contribution < 1.29 is 19.0 Å². The van der Waals surface area contributed by atoms with Crippen molar-refractivity contribution in [2.24, 2.45) is 0 Å². The second-order valence-corrected chi connectivity index (χ2v) is 9.28. The molecule has 2 heterocycles. The Balaban J connectivity index is 1.58. The normalized spacial score (nSPS) is 17.4. The number of nitrogens with zero attached hydrogens (tertiary/aromatic N) is 1. The smallest absolute Gasteiger partial charge is 0.408 e. The monoisotopic (exact) mass is 442 g/mol. The van der Waals surface area contributed by atoms with Crippen LogP contribution < -0.4 is 5.32 Å². The predicted molar refractivity (Wildman–Crippen MR) is 122 cm³/mol. The molecule has 0 aliphatic carbocycles. The number of thiazole rings is 1. The van der Waals surface area contributed by atoms with Crippen molar-refractivity contribution in [3.05, 3.63) is 41.0 Å². The molecule has 1 fully saturated rings. The van der Waals surface area contributed by atoms with Crippen molar-refractivity contribution >= 4 is 17.4 Å². The summed E-state index contributed by atoms with van der Waals surface area (Å²) in [6.45, 7) is 8.55. The fraction of sp³-hybridized carbons (Fsp3) is 0.500. The molecule has 2 atom stereocenters. The van der Waals surface area contributed by atoms with E-state index in [1.54, 1.807) is 16.8 Å². The number of benzene rings is 1. The van der Waals surface area contributed by atoms with Gasteiger partial charge in [0.1, 0.15) is 17.9 Å². The number of hydrogen-bond acceptors (Lipinski definition) is 6. The second-order valence-electron chi connectivity index (χ2n) is 8.43. The molecule has 0 bridgehead atoms. The molecule has 2 aromatic rings. The topological polar surface area (TPSA) is 69.7 Å². The highest BCUT2D eigenvalue weighted by atomic mass is 32.1. The van der Waals surface area contributed by atoms with Crippen LogP contribution in [0.2, 0.25) is 0 Å². The zero-order valence-corrected chi connectivity index (χ0v) is 19.4. The molecule has 1 unspecified atom stereocenters. The maximum atomic E-state index is 12.0. The summed E-state index contributed by atoms with van der Waals surface area (Å²) in [5.41, 5.74) is 4.05. The number of nitrogens with one attached hydrogen (secondary N) is 1. The minimum atomic E-state index is -0.522. The SMILES string of the molecule is C[C@H](NC(=O)OC(C)(C)C)c1ccc(-c2scnc2C#CCOC2CCCCO2)cc1. The van der Waals surface area contributed by atoms with E-state index in [1.807, 2.05) is 52.0 Å². The summed E-state index contributed by atoms with van der Waals surface area (Å²) in [7, 11) is 0. The first kappa shape index (κ1) is 23.3. The summed E-state index contributed by atoms with van der Waals surface area (Å²) < 4.78 is 16.5. The number of hydrogen-bond donors (Lipinski definition) is 1. The number of ether oxygens (including phenoxy) is 3. The van der Waals surface area contributed by atoms with Crippen LogP contribution in [-0.4, -0.2) is 36.2 Å². The summed E-state index contributed by atoms with van der Waals surface area (Å²) in [4.78, 5) is 17.4. The number of rotatable bonds is 5. The second kappa shape index (κ2) is 10.8. The van der Waals surface area contributed by atoms with Crippen molar-refractivity contribution in [2.75, 3.05) is 13.2 Å². The van der Waals surface area contributed by atoms with E-state index in [1.165, 1.54) is 0 Å². The molecule has 31 heavy (non-hydrogen) atoms. The standard InChI is InChI=1S/C24H30N2O4S/c1-17(26-23(27)30-24(2,3)4)18-10-12-19(13-11-18)22-20(25-16-31-22)8-7-15-29-21-9-5-6-14-28-21/h10-13,16-17,21H,5-6,9,14-15H2,1-4H3,(H,26,27)/t17-,21?/m0/s1. The Bertz CT molecular complexity index is 916. The molecule has 166 valence electrons. The average Bonchev–Trinajstić information content (AvgIpc) is 3.19. The van der Waals surface area contributed by atoms with Gasteiger partial charge in [-0.3, -0.25) is 0 Å². The Morgan fingerprint density at radius 1 is 1.32 bits per heavy atom. The van der Waals surface area contributed by atoms with Crippen LogP contribution in [0.15, 0.2) is 29.8 Å². The van der Waals surface area contributed by atoms with Gasteiger partial charge in [0.15, 0.2) is 6.29 Å². The highest BCUT2D eigenvalue weighted by Gasteiger charge is 2.18. The van der Waals surface area contributed by atoms with Gasteiger partial charge in [0.05, 0.1) is 16.4 Å². The third kappa shape index (κ3) is 7.35. The van der Waals surface area contributed by atoms with Crippen molar-refractivity contribution in [3.63, 3.8) is 0 Å². The first-order valence-electron chi connectivity index (χ1n) is 10.6. The van der Waals surface area contributed by atoms with Gasteiger partial charge in [-0.15, -0.1) is 11.3 Å². The molecule has 1 amide bonds. The Morgan fingerprint density at radius 2 is 2.10 bits per heavy atom. The van der Waals surface area contributed by atoms with E-state index in [-0.39, 0.29) is 12.3 Å². The molecule has 1 saturated heterocycles. The Morgan fingerprint density at radius 3 is 2.77 bits per heavy atom. The van der Waals surface area contributed by atoms with E-state index in [2.05, 4.69) is 22.1 Å². The minimum absolute atomic E-state index is 0.137. The van der Waals surface area contributed by atoms with Crippen molar-refractivity contribution in [1.82, 2.24) is 10.3 Å². The van der Waals surface area contributed by atoms with Gasteiger partial charge in [-0.2, -0.15) is 0 Å². The Kier molecular flexibility index (Phi) is 8.08. The fourth-order valence-corrected chi connectivity index (χ4v) is 3.88. The largest absolute Gasteiger partial charge is 0.444 e. The maximum Gasteiger partial charge on any atom is 0.408 e. The lowest BCUT2D eigenvalue weighted by molar-refractivity contribution is -0.154. The number of carbonyl (C=O) groups is 1. The molecule has 3 rings (SSSR count). The molecule has 0 saturated carbocycles. The van der Waals surface area contributed by atoms with E-state index in [0.29, 0.717) is 6.61 Å². The number of amides is 1. The van der Waals surface area contributed by atoms with E-state index in [9.17, 15) is 4.79 Å². The summed E-state index contributed by atoms with van der Waals surface area (Å²) in [5.74, 6) is 6.16. The Hall–Kier alpha value is -2.40. The van der Waals surface area contributed by atoms with Crippen LogP contribution in [-0.2, 0) is 14.2 Å². The fourth-order valence-electron chi connectivity index (χ4n) is 3.13. The molecular formula is C24H30N2O4S. The lowest BCUT2D eigenvalue weighted by Gasteiger charge is -2.22. The zero-order chi connectivity index (χ0) is 22.3. The van der Waals surface area contributed by atoms with Crippen molar-refractivity contribution in [1.29, 1.82) is 0 Å². The summed E-state index contributed by atoms with van der Waals surface area (Å²) in [6.07, 6.45) is 2.60. The van der Waals surface area contributed by atoms with Gasteiger partial charge in [0.2, 0.25) is 0 Å². The molecule has 0 spiro atoms. The zero-order valence-electron chi connectivity index (χ0n) is 18.6. The highest BCUT2D eigenvalue weighted by molar-refractivity contribution is 7.13. The summed E-state index contributed by atoms with van der Waals surface area (Å²) in [5, 5.41) is 2.86. The lowest BCUT2D eigenvalue weighted by atomic mass is 10.0. The summed E-state index contributed by atoms with van der Waals surface area (Å²) in [6, 6.07) is 7.88. The van der Waals surface area contributed by atoms with Gasteiger partial charge in [-0.05, 0) is 64.0 Å².